The number of nitrogens with one attached hydrogen (secondary N) is 1. The number of amides is 1. The first kappa shape index (κ1) is 17.5. The van der Waals surface area contributed by atoms with Gasteiger partial charge in [-0.1, -0.05) is 0 Å². The topological polar surface area (TPSA) is 66.5 Å². The highest BCUT2D eigenvalue weighted by molar-refractivity contribution is 7.89. The van der Waals surface area contributed by atoms with Gasteiger partial charge in [0, 0.05) is 12.2 Å². The Kier molecular flexibility index (Phi) is 4.82. The van der Waals surface area contributed by atoms with Gasteiger partial charge in [-0.25, -0.2) is 17.2 Å². The molecule has 1 N–H and O–H groups in total. The zero-order valence-corrected chi connectivity index (χ0v) is 14.0. The van der Waals surface area contributed by atoms with Gasteiger partial charge in [-0.2, -0.15) is 4.31 Å². The van der Waals surface area contributed by atoms with Crippen molar-refractivity contribution in [3.8, 4) is 0 Å². The van der Waals surface area contributed by atoms with Gasteiger partial charge in [0.15, 0.2) is 0 Å². The fourth-order valence-corrected chi connectivity index (χ4v) is 4.45. The molecule has 2 aromatic carbocycles. The van der Waals surface area contributed by atoms with Crippen LogP contribution < -0.4 is 5.32 Å². The van der Waals surface area contributed by atoms with Crippen molar-refractivity contribution in [2.75, 3.05) is 11.9 Å². The van der Waals surface area contributed by atoms with Gasteiger partial charge in [0.2, 0.25) is 15.9 Å². The van der Waals surface area contributed by atoms with Crippen LogP contribution in [0.15, 0.2) is 53.4 Å². The number of hydrogen-bond acceptors (Lipinski definition) is 3. The molecule has 132 valence electrons. The summed E-state index contributed by atoms with van der Waals surface area (Å²) >= 11 is 0. The summed E-state index contributed by atoms with van der Waals surface area (Å²) in [5.74, 6) is -1.44. The Labute approximate surface area is 144 Å². The lowest BCUT2D eigenvalue weighted by Gasteiger charge is -2.23. The van der Waals surface area contributed by atoms with Gasteiger partial charge in [0.1, 0.15) is 17.7 Å². The Morgan fingerprint density at radius 2 is 1.56 bits per heavy atom. The summed E-state index contributed by atoms with van der Waals surface area (Å²) in [7, 11) is -3.90. The maximum Gasteiger partial charge on any atom is 0.243 e. The van der Waals surface area contributed by atoms with E-state index in [1.807, 2.05) is 0 Å². The standard InChI is InChI=1S/C17H16F2N2O3S/c18-12-3-7-14(8-4-12)20-17(22)16-2-1-11-21(16)25(23,24)15-9-5-13(19)6-10-15/h3-10,16H,1-2,11H2,(H,20,22). The van der Waals surface area contributed by atoms with Gasteiger partial charge in [-0.05, 0) is 61.4 Å². The van der Waals surface area contributed by atoms with E-state index >= 15 is 0 Å². The number of rotatable bonds is 4. The molecule has 1 saturated heterocycles. The fourth-order valence-electron chi connectivity index (χ4n) is 2.79. The molecule has 2 aromatic rings. The second-order valence-electron chi connectivity index (χ2n) is 5.72. The lowest BCUT2D eigenvalue weighted by Crippen LogP contribution is -2.43. The fraction of sp³-hybridized carbons (Fsp3) is 0.235. The molecule has 1 aliphatic heterocycles. The Morgan fingerprint density at radius 1 is 1.00 bits per heavy atom. The zero-order chi connectivity index (χ0) is 18.0. The second kappa shape index (κ2) is 6.89. The predicted octanol–water partition coefficient (Wildman–Crippen LogP) is 2.76. The third-order valence-corrected chi connectivity index (χ3v) is 5.96. The van der Waals surface area contributed by atoms with Gasteiger partial charge in [0.05, 0.1) is 4.90 Å². The Balaban J connectivity index is 1.80. The maximum absolute atomic E-state index is 13.0. The lowest BCUT2D eigenvalue weighted by atomic mass is 10.2. The first-order chi connectivity index (χ1) is 11.9. The van der Waals surface area contributed by atoms with Crippen LogP contribution in [0.4, 0.5) is 14.5 Å². The Morgan fingerprint density at radius 3 is 2.16 bits per heavy atom. The summed E-state index contributed by atoms with van der Waals surface area (Å²) in [6.45, 7) is 0.210. The summed E-state index contributed by atoms with van der Waals surface area (Å²) in [5.41, 5.74) is 0.387. The van der Waals surface area contributed by atoms with E-state index in [-0.39, 0.29) is 11.4 Å². The van der Waals surface area contributed by atoms with E-state index in [0.29, 0.717) is 18.5 Å². The van der Waals surface area contributed by atoms with Crippen molar-refractivity contribution in [1.82, 2.24) is 4.31 Å². The third-order valence-electron chi connectivity index (χ3n) is 4.04. The van der Waals surface area contributed by atoms with Crippen LogP contribution in [0.25, 0.3) is 0 Å². The van der Waals surface area contributed by atoms with E-state index in [1.165, 1.54) is 36.4 Å². The van der Waals surface area contributed by atoms with Crippen LogP contribution in [0.2, 0.25) is 0 Å². The van der Waals surface area contributed by atoms with Gasteiger partial charge in [0.25, 0.3) is 0 Å². The molecule has 25 heavy (non-hydrogen) atoms. The van der Waals surface area contributed by atoms with E-state index in [0.717, 1.165) is 16.4 Å². The summed E-state index contributed by atoms with van der Waals surface area (Å²) in [4.78, 5) is 12.4. The third kappa shape index (κ3) is 3.69. The smallest absolute Gasteiger partial charge is 0.243 e. The lowest BCUT2D eigenvalue weighted by molar-refractivity contribution is -0.119. The summed E-state index contributed by atoms with van der Waals surface area (Å²) in [6, 6.07) is 8.85. The number of carbonyl (C=O) groups excluding carboxylic acids is 1. The number of halogens is 2. The van der Waals surface area contributed by atoms with Crippen molar-refractivity contribution in [1.29, 1.82) is 0 Å². The minimum absolute atomic E-state index is 0.0598. The number of carbonyl (C=O) groups is 1. The SMILES string of the molecule is O=C(Nc1ccc(F)cc1)C1CCCN1S(=O)(=O)c1ccc(F)cc1. The van der Waals surface area contributed by atoms with Gasteiger partial charge < -0.3 is 5.32 Å². The van der Waals surface area contributed by atoms with Crippen LogP contribution in [0, 0.1) is 11.6 Å². The van der Waals surface area contributed by atoms with Crippen LogP contribution in [0.3, 0.4) is 0 Å². The number of sulfonamides is 1. The van der Waals surface area contributed by atoms with Crippen LogP contribution >= 0.6 is 0 Å². The molecule has 3 rings (SSSR count). The molecular weight excluding hydrogens is 350 g/mol. The van der Waals surface area contributed by atoms with Crippen LogP contribution in [0.1, 0.15) is 12.8 Å². The molecule has 0 saturated carbocycles. The zero-order valence-electron chi connectivity index (χ0n) is 13.2. The van der Waals surface area contributed by atoms with Crippen molar-refractivity contribution in [2.45, 2.75) is 23.8 Å². The van der Waals surface area contributed by atoms with Gasteiger partial charge >= 0.3 is 0 Å². The van der Waals surface area contributed by atoms with Crippen molar-refractivity contribution in [3.63, 3.8) is 0 Å². The average Bonchev–Trinajstić information content (AvgIpc) is 3.08. The molecule has 5 nitrogen and oxygen atoms in total. The predicted molar refractivity (Wildman–Crippen MR) is 88.3 cm³/mol. The molecule has 1 heterocycles. The van der Waals surface area contributed by atoms with Crippen molar-refractivity contribution in [3.05, 3.63) is 60.2 Å². The number of hydrogen-bond donors (Lipinski definition) is 1. The molecule has 0 spiro atoms. The average molecular weight is 366 g/mol. The molecule has 1 unspecified atom stereocenters. The normalized spacial score (nSPS) is 18.2. The highest BCUT2D eigenvalue weighted by Gasteiger charge is 2.39. The molecule has 0 aromatic heterocycles. The van der Waals surface area contributed by atoms with Gasteiger partial charge in [-0.15, -0.1) is 0 Å². The molecule has 0 bridgehead atoms. The van der Waals surface area contributed by atoms with E-state index in [4.69, 9.17) is 0 Å². The molecule has 0 radical (unpaired) electrons. The second-order valence-corrected chi connectivity index (χ2v) is 7.61. The van der Waals surface area contributed by atoms with Crippen LogP contribution in [0.5, 0.6) is 0 Å². The monoisotopic (exact) mass is 366 g/mol. The van der Waals surface area contributed by atoms with Crippen molar-refractivity contribution in [2.24, 2.45) is 0 Å². The van der Waals surface area contributed by atoms with E-state index in [9.17, 15) is 22.0 Å². The minimum Gasteiger partial charge on any atom is -0.325 e. The first-order valence-electron chi connectivity index (χ1n) is 7.72. The molecule has 8 heteroatoms. The molecule has 1 atom stereocenters. The van der Waals surface area contributed by atoms with Crippen LogP contribution in [-0.2, 0) is 14.8 Å². The number of anilines is 1. The highest BCUT2D eigenvalue weighted by Crippen LogP contribution is 2.27. The molecular formula is C17H16F2N2O3S. The first-order valence-corrected chi connectivity index (χ1v) is 9.16. The van der Waals surface area contributed by atoms with E-state index in [1.54, 1.807) is 0 Å². The number of benzene rings is 2. The van der Waals surface area contributed by atoms with Crippen molar-refractivity contribution >= 4 is 21.6 Å². The summed E-state index contributed by atoms with van der Waals surface area (Å²) in [6.07, 6.45) is 0.926. The van der Waals surface area contributed by atoms with Gasteiger partial charge in [-0.3, -0.25) is 4.79 Å². The molecule has 1 amide bonds. The number of nitrogens with zero attached hydrogens (tertiary/aromatic N) is 1. The summed E-state index contributed by atoms with van der Waals surface area (Å²) in [5, 5.41) is 2.60. The van der Waals surface area contributed by atoms with E-state index < -0.39 is 33.6 Å². The van der Waals surface area contributed by atoms with Crippen molar-refractivity contribution < 1.29 is 22.0 Å². The quantitative estimate of drug-likeness (QED) is 0.905. The van der Waals surface area contributed by atoms with E-state index in [2.05, 4.69) is 5.32 Å². The largest absolute Gasteiger partial charge is 0.325 e. The van der Waals surface area contributed by atoms with Crippen LogP contribution in [-0.4, -0.2) is 31.2 Å². The Bertz CT molecular complexity index is 868. The molecule has 1 fully saturated rings. The maximum atomic E-state index is 13.0. The molecule has 1 aliphatic rings. The Hall–Kier alpha value is -2.32. The summed E-state index contributed by atoms with van der Waals surface area (Å²) < 4.78 is 52.5. The minimum atomic E-state index is -3.90. The molecule has 0 aliphatic carbocycles. The highest BCUT2D eigenvalue weighted by atomic mass is 32.2.